The summed E-state index contributed by atoms with van der Waals surface area (Å²) in [5.74, 6) is -0.844. The molecular weight excluding hydrogens is 449 g/mol. The highest BCUT2D eigenvalue weighted by atomic mass is 32.2. The summed E-state index contributed by atoms with van der Waals surface area (Å²) in [6, 6.07) is 10.8. The molecule has 0 aromatic heterocycles. The number of nitrogens with zero attached hydrogens (tertiary/aromatic N) is 2. The van der Waals surface area contributed by atoms with Crippen molar-refractivity contribution in [3.63, 3.8) is 0 Å². The maximum Gasteiger partial charge on any atom is 0.244 e. The van der Waals surface area contributed by atoms with E-state index in [0.717, 1.165) is 10.6 Å². The van der Waals surface area contributed by atoms with E-state index in [0.29, 0.717) is 11.3 Å². The van der Waals surface area contributed by atoms with E-state index in [1.165, 1.54) is 48.4 Å². The average Bonchev–Trinajstić information content (AvgIpc) is 2.75. The van der Waals surface area contributed by atoms with Gasteiger partial charge < -0.3 is 15.0 Å². The van der Waals surface area contributed by atoms with Gasteiger partial charge in [-0.15, -0.1) is 0 Å². The molecule has 0 radical (unpaired) electrons. The molecule has 2 aromatic carbocycles. The predicted octanol–water partition coefficient (Wildman–Crippen LogP) is 2.54. The van der Waals surface area contributed by atoms with Gasteiger partial charge in [-0.3, -0.25) is 13.9 Å². The van der Waals surface area contributed by atoms with Crippen LogP contribution < -0.4 is 14.4 Å². The van der Waals surface area contributed by atoms with Crippen LogP contribution in [0.3, 0.4) is 0 Å². The zero-order valence-corrected chi connectivity index (χ0v) is 20.2. The number of sulfonamides is 1. The molecule has 0 heterocycles. The van der Waals surface area contributed by atoms with Gasteiger partial charge in [0.25, 0.3) is 0 Å². The van der Waals surface area contributed by atoms with Crippen LogP contribution in [0.25, 0.3) is 0 Å². The van der Waals surface area contributed by atoms with Crippen LogP contribution in [-0.2, 0) is 26.2 Å². The Morgan fingerprint density at radius 2 is 1.61 bits per heavy atom. The Morgan fingerprint density at radius 3 is 2.09 bits per heavy atom. The smallest absolute Gasteiger partial charge is 0.244 e. The molecule has 2 rings (SSSR count). The highest BCUT2D eigenvalue weighted by Crippen LogP contribution is 2.22. The second-order valence-electron chi connectivity index (χ2n) is 7.96. The molecule has 8 nitrogen and oxygen atoms in total. The Hall–Kier alpha value is -3.14. The fourth-order valence-corrected chi connectivity index (χ4v) is 3.99. The fraction of sp³-hybridized carbons (Fsp3) is 0.391. The zero-order valence-electron chi connectivity index (χ0n) is 19.4. The van der Waals surface area contributed by atoms with Crippen molar-refractivity contribution in [2.24, 2.45) is 0 Å². The van der Waals surface area contributed by atoms with Gasteiger partial charge in [0.15, 0.2) is 0 Å². The molecule has 0 saturated heterocycles. The number of hydrogen-bond donors (Lipinski definition) is 1. The van der Waals surface area contributed by atoms with Gasteiger partial charge in [-0.05, 0) is 62.7 Å². The molecule has 0 unspecified atom stereocenters. The number of halogens is 1. The monoisotopic (exact) mass is 479 g/mol. The van der Waals surface area contributed by atoms with E-state index in [9.17, 15) is 22.4 Å². The second-order valence-corrected chi connectivity index (χ2v) is 9.86. The molecule has 1 atom stereocenters. The van der Waals surface area contributed by atoms with Gasteiger partial charge in [0, 0.05) is 12.6 Å². The van der Waals surface area contributed by atoms with Crippen LogP contribution in [0, 0.1) is 5.82 Å². The molecule has 0 aliphatic heterocycles. The molecular formula is C23H30FN3O5S. The highest BCUT2D eigenvalue weighted by Gasteiger charge is 2.30. The van der Waals surface area contributed by atoms with Crippen LogP contribution in [0.15, 0.2) is 48.5 Å². The minimum atomic E-state index is -3.81. The lowest BCUT2D eigenvalue weighted by Crippen LogP contribution is -2.52. The third kappa shape index (κ3) is 7.45. The number of carbonyl (C=O) groups is 2. The summed E-state index contributed by atoms with van der Waals surface area (Å²) >= 11 is 0. The van der Waals surface area contributed by atoms with Gasteiger partial charge >= 0.3 is 0 Å². The molecule has 0 aliphatic carbocycles. The predicted molar refractivity (Wildman–Crippen MR) is 125 cm³/mol. The largest absolute Gasteiger partial charge is 0.497 e. The van der Waals surface area contributed by atoms with Crippen molar-refractivity contribution in [3.05, 3.63) is 59.9 Å². The molecule has 0 spiro atoms. The topological polar surface area (TPSA) is 96.0 Å². The third-order valence-corrected chi connectivity index (χ3v) is 6.04. The van der Waals surface area contributed by atoms with Gasteiger partial charge in [0.1, 0.15) is 24.2 Å². The van der Waals surface area contributed by atoms with Gasteiger partial charge in [-0.1, -0.05) is 12.1 Å². The second kappa shape index (κ2) is 11.1. The molecule has 33 heavy (non-hydrogen) atoms. The van der Waals surface area contributed by atoms with Crippen LogP contribution in [0.5, 0.6) is 5.75 Å². The van der Waals surface area contributed by atoms with E-state index in [4.69, 9.17) is 4.74 Å². The summed E-state index contributed by atoms with van der Waals surface area (Å²) < 4.78 is 44.4. The normalized spacial score (nSPS) is 12.2. The van der Waals surface area contributed by atoms with Crippen molar-refractivity contribution in [1.82, 2.24) is 10.2 Å². The van der Waals surface area contributed by atoms with Crippen LogP contribution in [0.4, 0.5) is 10.1 Å². The SMILES string of the molecule is COc1ccc(N(CC(=O)N(Cc2ccc(F)cc2)[C@H](C)C(=O)NC(C)C)S(C)(=O)=O)cc1. The van der Waals surface area contributed by atoms with Crippen molar-refractivity contribution < 1.29 is 27.1 Å². The molecule has 0 saturated carbocycles. The van der Waals surface area contributed by atoms with Crippen molar-refractivity contribution in [1.29, 1.82) is 0 Å². The molecule has 0 fully saturated rings. The van der Waals surface area contributed by atoms with Crippen LogP contribution >= 0.6 is 0 Å². The number of carbonyl (C=O) groups excluding carboxylic acids is 2. The lowest BCUT2D eigenvalue weighted by atomic mass is 10.1. The number of rotatable bonds is 10. The summed E-state index contributed by atoms with van der Waals surface area (Å²) in [4.78, 5) is 27.3. The summed E-state index contributed by atoms with van der Waals surface area (Å²) in [5, 5.41) is 2.76. The lowest BCUT2D eigenvalue weighted by Gasteiger charge is -2.32. The van der Waals surface area contributed by atoms with Crippen LogP contribution in [-0.4, -0.2) is 57.1 Å². The standard InChI is InChI=1S/C23H30FN3O5S/c1-16(2)25-23(29)17(3)26(14-18-6-8-19(24)9-7-18)22(28)15-27(33(5,30)31)20-10-12-21(32-4)13-11-20/h6-13,16-17H,14-15H2,1-5H3,(H,25,29)/t17-/m1/s1. The first-order chi connectivity index (χ1) is 15.4. The highest BCUT2D eigenvalue weighted by molar-refractivity contribution is 7.92. The number of ether oxygens (including phenoxy) is 1. The summed E-state index contributed by atoms with van der Waals surface area (Å²) in [5.41, 5.74) is 0.886. The quantitative estimate of drug-likeness (QED) is 0.565. The van der Waals surface area contributed by atoms with Crippen molar-refractivity contribution >= 4 is 27.5 Å². The number of hydrogen-bond acceptors (Lipinski definition) is 5. The Kier molecular flexibility index (Phi) is 8.81. The van der Waals surface area contributed by atoms with E-state index in [1.807, 2.05) is 0 Å². The Balaban J connectivity index is 2.36. The van der Waals surface area contributed by atoms with Crippen molar-refractivity contribution in [2.75, 3.05) is 24.2 Å². The fourth-order valence-electron chi connectivity index (χ4n) is 3.14. The summed E-state index contributed by atoms with van der Waals surface area (Å²) in [7, 11) is -2.32. The molecule has 0 bridgehead atoms. The Labute approximate surface area is 194 Å². The molecule has 1 N–H and O–H groups in total. The number of amides is 2. The maximum absolute atomic E-state index is 13.3. The lowest BCUT2D eigenvalue weighted by molar-refractivity contribution is -0.139. The molecule has 10 heteroatoms. The number of benzene rings is 2. The van der Waals surface area contributed by atoms with Crippen LogP contribution in [0.2, 0.25) is 0 Å². The first-order valence-electron chi connectivity index (χ1n) is 10.4. The van der Waals surface area contributed by atoms with Gasteiger partial charge in [0.05, 0.1) is 19.1 Å². The van der Waals surface area contributed by atoms with E-state index >= 15 is 0 Å². The number of methoxy groups -OCH3 is 1. The number of nitrogens with one attached hydrogen (secondary N) is 1. The van der Waals surface area contributed by atoms with E-state index in [1.54, 1.807) is 32.9 Å². The van der Waals surface area contributed by atoms with Crippen LogP contribution in [0.1, 0.15) is 26.3 Å². The first-order valence-corrected chi connectivity index (χ1v) is 12.2. The average molecular weight is 480 g/mol. The Bertz CT molecular complexity index is 1060. The third-order valence-electron chi connectivity index (χ3n) is 4.90. The minimum Gasteiger partial charge on any atom is -0.497 e. The van der Waals surface area contributed by atoms with E-state index in [2.05, 4.69) is 5.32 Å². The first kappa shape index (κ1) is 26.1. The molecule has 2 aromatic rings. The van der Waals surface area contributed by atoms with Gasteiger partial charge in [0.2, 0.25) is 21.8 Å². The molecule has 0 aliphatic rings. The van der Waals surface area contributed by atoms with Crippen molar-refractivity contribution in [2.45, 2.75) is 39.4 Å². The summed E-state index contributed by atoms with van der Waals surface area (Å²) in [6.45, 7) is 4.66. The minimum absolute atomic E-state index is 0.00596. The maximum atomic E-state index is 13.3. The summed E-state index contributed by atoms with van der Waals surface area (Å²) in [6.07, 6.45) is 1.00. The van der Waals surface area contributed by atoms with Gasteiger partial charge in [-0.2, -0.15) is 0 Å². The molecule has 2 amide bonds. The van der Waals surface area contributed by atoms with Gasteiger partial charge in [-0.25, -0.2) is 12.8 Å². The Morgan fingerprint density at radius 1 is 1.03 bits per heavy atom. The van der Waals surface area contributed by atoms with Crippen molar-refractivity contribution in [3.8, 4) is 5.75 Å². The zero-order chi connectivity index (χ0) is 24.8. The van der Waals surface area contributed by atoms with E-state index < -0.39 is 34.3 Å². The number of anilines is 1. The van der Waals surface area contributed by atoms with E-state index in [-0.39, 0.29) is 24.2 Å². The molecule has 180 valence electrons.